The average molecular weight is 445 g/mol. The number of benzene rings is 2. The van der Waals surface area contributed by atoms with Crippen molar-refractivity contribution >= 4 is 11.9 Å². The lowest BCUT2D eigenvalue weighted by molar-refractivity contribution is -0.139. The summed E-state index contributed by atoms with van der Waals surface area (Å²) in [7, 11) is 2.78. The van der Waals surface area contributed by atoms with Gasteiger partial charge in [0.05, 0.1) is 14.2 Å². The normalized spacial score (nSPS) is 18.8. The highest BCUT2D eigenvalue weighted by Crippen LogP contribution is 2.25. The van der Waals surface area contributed by atoms with Crippen LogP contribution in [-0.2, 0) is 16.1 Å². The summed E-state index contributed by atoms with van der Waals surface area (Å²) >= 11 is 0. The van der Waals surface area contributed by atoms with Crippen LogP contribution in [0.1, 0.15) is 29.8 Å². The van der Waals surface area contributed by atoms with Crippen LogP contribution in [0.4, 0.5) is 4.39 Å². The summed E-state index contributed by atoms with van der Waals surface area (Å²) in [4.78, 5) is 29.1. The minimum absolute atomic E-state index is 0.0151. The Kier molecular flexibility index (Phi) is 7.69. The molecule has 0 bridgehead atoms. The summed E-state index contributed by atoms with van der Waals surface area (Å²) in [6.45, 7) is 5.81. The first-order valence-electron chi connectivity index (χ1n) is 10.5. The highest BCUT2D eigenvalue weighted by Gasteiger charge is 2.32. The molecule has 1 aliphatic rings. The second kappa shape index (κ2) is 10.5. The molecular weight excluding hydrogens is 415 g/mol. The molecule has 1 fully saturated rings. The Morgan fingerprint density at radius 3 is 2.41 bits per heavy atom. The van der Waals surface area contributed by atoms with E-state index < -0.39 is 5.97 Å². The van der Waals surface area contributed by atoms with E-state index in [9.17, 15) is 14.0 Å². The summed E-state index contributed by atoms with van der Waals surface area (Å²) in [5.41, 5.74) is 1.23. The van der Waals surface area contributed by atoms with Gasteiger partial charge in [0, 0.05) is 31.7 Å². The quantitative estimate of drug-likeness (QED) is 0.612. The number of methoxy groups -OCH3 is 2. The van der Waals surface area contributed by atoms with Gasteiger partial charge in [-0.2, -0.15) is 0 Å². The first-order chi connectivity index (χ1) is 15.3. The minimum atomic E-state index is -0.567. The number of halogens is 1. The third kappa shape index (κ3) is 5.56. The van der Waals surface area contributed by atoms with Gasteiger partial charge in [0.2, 0.25) is 0 Å². The Morgan fingerprint density at radius 2 is 1.75 bits per heavy atom. The maximum atomic E-state index is 13.2. The molecule has 2 aromatic rings. The molecule has 0 saturated carbocycles. The van der Waals surface area contributed by atoms with Crippen molar-refractivity contribution in [3.05, 3.63) is 59.4 Å². The maximum absolute atomic E-state index is 13.2. The highest BCUT2D eigenvalue weighted by atomic mass is 19.1. The summed E-state index contributed by atoms with van der Waals surface area (Å²) < 4.78 is 28.8. The van der Waals surface area contributed by atoms with Crippen LogP contribution in [0.5, 0.6) is 11.5 Å². The predicted molar refractivity (Wildman–Crippen MR) is 117 cm³/mol. The molecule has 172 valence electrons. The van der Waals surface area contributed by atoms with E-state index in [0.29, 0.717) is 25.4 Å². The standard InChI is InChI=1S/C24H29FN2O5/c1-16-13-27(17(2)12-26(16)14-18-5-7-19(25)8-6-18)23(28)15-32-22-10-9-20(30-3)11-21(22)24(29)31-4/h5-11,16-17H,12-15H2,1-4H3. The third-order valence-corrected chi connectivity index (χ3v) is 5.68. The molecule has 0 aliphatic carbocycles. The van der Waals surface area contributed by atoms with Crippen molar-refractivity contribution in [3.8, 4) is 11.5 Å². The monoisotopic (exact) mass is 444 g/mol. The van der Waals surface area contributed by atoms with Crippen molar-refractivity contribution in [2.45, 2.75) is 32.5 Å². The number of carbonyl (C=O) groups excluding carboxylic acids is 2. The van der Waals surface area contributed by atoms with E-state index in [2.05, 4.69) is 11.8 Å². The number of carbonyl (C=O) groups is 2. The lowest BCUT2D eigenvalue weighted by Crippen LogP contribution is -2.58. The molecule has 2 aromatic carbocycles. The molecule has 0 spiro atoms. The van der Waals surface area contributed by atoms with E-state index in [0.717, 1.165) is 5.56 Å². The topological polar surface area (TPSA) is 68.3 Å². The third-order valence-electron chi connectivity index (χ3n) is 5.68. The molecule has 3 rings (SSSR count). The van der Waals surface area contributed by atoms with Crippen LogP contribution in [-0.4, -0.2) is 67.7 Å². The number of piperazine rings is 1. The summed E-state index contributed by atoms with van der Waals surface area (Å²) in [6, 6.07) is 11.4. The number of nitrogens with zero attached hydrogens (tertiary/aromatic N) is 2. The number of hydrogen-bond acceptors (Lipinski definition) is 6. The van der Waals surface area contributed by atoms with Crippen molar-refractivity contribution < 1.29 is 28.2 Å². The molecular formula is C24H29FN2O5. The van der Waals surface area contributed by atoms with Gasteiger partial charge in [-0.1, -0.05) is 12.1 Å². The molecule has 0 aromatic heterocycles. The van der Waals surface area contributed by atoms with Gasteiger partial charge in [0.1, 0.15) is 22.9 Å². The van der Waals surface area contributed by atoms with Crippen molar-refractivity contribution in [2.24, 2.45) is 0 Å². The van der Waals surface area contributed by atoms with Gasteiger partial charge in [-0.3, -0.25) is 9.69 Å². The van der Waals surface area contributed by atoms with E-state index >= 15 is 0 Å². The first kappa shape index (κ1) is 23.5. The summed E-state index contributed by atoms with van der Waals surface area (Å²) in [5, 5.41) is 0. The number of rotatable bonds is 7. The number of esters is 1. The van der Waals surface area contributed by atoms with E-state index in [1.807, 2.05) is 6.92 Å². The second-order valence-electron chi connectivity index (χ2n) is 7.94. The summed E-state index contributed by atoms with van der Waals surface area (Å²) in [6.07, 6.45) is 0. The van der Waals surface area contributed by atoms with Gasteiger partial charge in [0.25, 0.3) is 5.91 Å². The SMILES string of the molecule is COC(=O)c1cc(OC)ccc1OCC(=O)N1CC(C)N(Cc2ccc(F)cc2)CC1C. The lowest BCUT2D eigenvalue weighted by atomic mass is 10.1. The minimum Gasteiger partial charge on any atom is -0.497 e. The van der Waals surface area contributed by atoms with Gasteiger partial charge in [0.15, 0.2) is 6.61 Å². The molecule has 1 saturated heterocycles. The number of hydrogen-bond donors (Lipinski definition) is 0. The Bertz CT molecular complexity index is 950. The molecule has 1 heterocycles. The van der Waals surface area contributed by atoms with Crippen molar-refractivity contribution in [1.29, 1.82) is 0 Å². The highest BCUT2D eigenvalue weighted by molar-refractivity contribution is 5.93. The Morgan fingerprint density at radius 1 is 1.03 bits per heavy atom. The van der Waals surface area contributed by atoms with Crippen molar-refractivity contribution in [1.82, 2.24) is 9.80 Å². The lowest BCUT2D eigenvalue weighted by Gasteiger charge is -2.44. The first-order valence-corrected chi connectivity index (χ1v) is 10.5. The molecule has 0 radical (unpaired) electrons. The van der Waals surface area contributed by atoms with Crippen molar-refractivity contribution in [2.75, 3.05) is 33.9 Å². The van der Waals surface area contributed by atoms with E-state index in [1.54, 1.807) is 29.2 Å². The van der Waals surface area contributed by atoms with Gasteiger partial charge in [-0.25, -0.2) is 9.18 Å². The Labute approximate surface area is 187 Å². The molecule has 2 unspecified atom stereocenters. The predicted octanol–water partition coefficient (Wildman–Crippen LogP) is 3.12. The van der Waals surface area contributed by atoms with Crippen LogP contribution >= 0.6 is 0 Å². The van der Waals surface area contributed by atoms with Crippen LogP contribution in [0.2, 0.25) is 0 Å². The molecule has 1 amide bonds. The Hall–Kier alpha value is -3.13. The number of ether oxygens (including phenoxy) is 3. The van der Waals surface area contributed by atoms with Gasteiger partial charge >= 0.3 is 5.97 Å². The summed E-state index contributed by atoms with van der Waals surface area (Å²) in [5.74, 6) is -0.219. The van der Waals surface area contributed by atoms with E-state index in [-0.39, 0.29) is 41.7 Å². The van der Waals surface area contributed by atoms with E-state index in [1.165, 1.54) is 32.4 Å². The van der Waals surface area contributed by atoms with Crippen LogP contribution in [0.15, 0.2) is 42.5 Å². The van der Waals surface area contributed by atoms with Gasteiger partial charge in [-0.05, 0) is 49.7 Å². The fourth-order valence-electron chi connectivity index (χ4n) is 3.84. The van der Waals surface area contributed by atoms with E-state index in [4.69, 9.17) is 14.2 Å². The van der Waals surface area contributed by atoms with Gasteiger partial charge < -0.3 is 19.1 Å². The van der Waals surface area contributed by atoms with Crippen LogP contribution in [0.3, 0.4) is 0 Å². The van der Waals surface area contributed by atoms with Gasteiger partial charge in [-0.15, -0.1) is 0 Å². The zero-order valence-electron chi connectivity index (χ0n) is 18.8. The van der Waals surface area contributed by atoms with Crippen LogP contribution in [0.25, 0.3) is 0 Å². The molecule has 7 nitrogen and oxygen atoms in total. The number of amides is 1. The van der Waals surface area contributed by atoms with Crippen LogP contribution < -0.4 is 9.47 Å². The zero-order chi connectivity index (χ0) is 23.3. The molecule has 1 aliphatic heterocycles. The van der Waals surface area contributed by atoms with Crippen LogP contribution in [0, 0.1) is 5.82 Å². The molecule has 32 heavy (non-hydrogen) atoms. The fourth-order valence-corrected chi connectivity index (χ4v) is 3.84. The Balaban J connectivity index is 1.61. The molecule has 0 N–H and O–H groups in total. The average Bonchev–Trinajstić information content (AvgIpc) is 2.80. The molecule has 8 heteroatoms. The molecule has 2 atom stereocenters. The largest absolute Gasteiger partial charge is 0.497 e. The smallest absolute Gasteiger partial charge is 0.341 e. The van der Waals surface area contributed by atoms with Crippen molar-refractivity contribution in [3.63, 3.8) is 0 Å². The maximum Gasteiger partial charge on any atom is 0.341 e. The fraction of sp³-hybridized carbons (Fsp3) is 0.417. The zero-order valence-corrected chi connectivity index (χ0v) is 18.8. The second-order valence-corrected chi connectivity index (χ2v) is 7.94.